The van der Waals surface area contributed by atoms with Gasteiger partial charge < -0.3 is 24.8 Å². The maximum Gasteiger partial charge on any atom is 0.226 e. The second-order valence-electron chi connectivity index (χ2n) is 13.3. The van der Waals surface area contributed by atoms with E-state index in [1.807, 2.05) is 0 Å². The summed E-state index contributed by atoms with van der Waals surface area (Å²) in [6, 6.07) is 0. The van der Waals surface area contributed by atoms with Crippen molar-refractivity contribution in [2.75, 3.05) is 24.8 Å². The molecule has 4 bridgehead atoms. The molecule has 0 spiro atoms. The van der Waals surface area contributed by atoms with Crippen LogP contribution in [0.15, 0.2) is 6.33 Å². The fourth-order valence-corrected chi connectivity index (χ4v) is 9.68. The molecule has 5 fully saturated rings. The molecule has 1 unspecified atom stereocenters. The third-order valence-corrected chi connectivity index (χ3v) is 10.5. The second kappa shape index (κ2) is 8.12. The fraction of sp³-hybridized carbons (Fsp3) is 0.800. The number of hydrogen-bond donors (Lipinski definition) is 3. The minimum atomic E-state index is -2.27. The van der Waals surface area contributed by atoms with Crippen molar-refractivity contribution in [2.24, 2.45) is 16.7 Å². The predicted molar refractivity (Wildman–Crippen MR) is 139 cm³/mol. The first-order valence-corrected chi connectivity index (χ1v) is 16.2. The number of ether oxygens (including phenoxy) is 1. The number of anilines is 1. The summed E-state index contributed by atoms with van der Waals surface area (Å²) in [7, 11) is -2.27. The molecule has 0 amide bonds. The normalized spacial score (nSPS) is 41.9. The van der Waals surface area contributed by atoms with Gasteiger partial charge in [0, 0.05) is 11.7 Å². The topological polar surface area (TPSA) is 122 Å². The van der Waals surface area contributed by atoms with Crippen molar-refractivity contribution in [3.63, 3.8) is 0 Å². The van der Waals surface area contributed by atoms with Crippen LogP contribution in [-0.4, -0.2) is 73.1 Å². The summed E-state index contributed by atoms with van der Waals surface area (Å²) in [6.07, 6.45) is 5.83. The summed E-state index contributed by atoms with van der Waals surface area (Å²) in [5.74, 6) is 1.33. The molecule has 2 aromatic rings. The molecule has 4 saturated carbocycles. The van der Waals surface area contributed by atoms with Crippen molar-refractivity contribution in [3.05, 3.63) is 11.6 Å². The highest BCUT2D eigenvalue weighted by molar-refractivity contribution is 7.62. The van der Waals surface area contributed by atoms with Crippen LogP contribution in [0.25, 0.3) is 11.2 Å². The highest BCUT2D eigenvalue weighted by atomic mass is 35.5. The minimum absolute atomic E-state index is 0.0454. The van der Waals surface area contributed by atoms with Crippen LogP contribution in [0.4, 0.5) is 5.82 Å². The highest BCUT2D eigenvalue weighted by Crippen LogP contribution is 2.67. The Labute approximate surface area is 216 Å². The molecule has 0 radical (unpaired) electrons. The second-order valence-corrected chi connectivity index (χ2v) is 17.3. The van der Waals surface area contributed by atoms with Gasteiger partial charge in [-0.1, -0.05) is 13.8 Å². The summed E-state index contributed by atoms with van der Waals surface area (Å²) in [5, 5.41) is 25.3. The van der Waals surface area contributed by atoms with Crippen LogP contribution in [-0.2, 0) is 9.30 Å². The maximum atomic E-state index is 12.2. The molecule has 11 heteroatoms. The average Bonchev–Trinajstić information content (AvgIpc) is 3.24. The number of aliphatic hydroxyl groups is 2. The molecular formula is C25H37ClN5O4P. The van der Waals surface area contributed by atoms with Crippen LogP contribution < -0.4 is 5.32 Å². The molecule has 1 aliphatic heterocycles. The summed E-state index contributed by atoms with van der Waals surface area (Å²) in [5.41, 5.74) is 1.66. The van der Waals surface area contributed by atoms with Gasteiger partial charge in [0.1, 0.15) is 12.2 Å². The molecule has 3 heterocycles. The lowest BCUT2D eigenvalue weighted by molar-refractivity contribution is -0.0973. The lowest BCUT2D eigenvalue weighted by atomic mass is 9.43. The van der Waals surface area contributed by atoms with Gasteiger partial charge in [-0.05, 0) is 86.6 Å². The van der Waals surface area contributed by atoms with E-state index in [0.29, 0.717) is 40.4 Å². The van der Waals surface area contributed by atoms with Crippen molar-refractivity contribution in [2.45, 2.75) is 88.9 Å². The van der Waals surface area contributed by atoms with E-state index in [1.54, 1.807) is 24.2 Å². The van der Waals surface area contributed by atoms with E-state index in [2.05, 4.69) is 34.1 Å². The number of fused-ring (bicyclic) bond motifs is 1. The molecule has 36 heavy (non-hydrogen) atoms. The maximum absolute atomic E-state index is 12.2. The first-order valence-electron chi connectivity index (χ1n) is 13.0. The number of halogens is 1. The molecular weight excluding hydrogens is 501 g/mol. The molecule has 3 N–H and O–H groups in total. The lowest BCUT2D eigenvalue weighted by Gasteiger charge is -2.65. The largest absolute Gasteiger partial charge is 0.388 e. The molecule has 5 aliphatic rings. The van der Waals surface area contributed by atoms with Gasteiger partial charge in [-0.3, -0.25) is 4.57 Å². The van der Waals surface area contributed by atoms with Gasteiger partial charge in [0.05, 0.1) is 19.6 Å². The molecule has 7 rings (SSSR count). The van der Waals surface area contributed by atoms with Crippen LogP contribution in [0.5, 0.6) is 0 Å². The van der Waals surface area contributed by atoms with Gasteiger partial charge in [-0.25, -0.2) is 4.98 Å². The number of nitrogens with zero attached hydrogens (tertiary/aromatic N) is 4. The SMILES string of the molecule is C[C@]12C[C@@H]3C[C@](C)(C1)C[C@@](Nc1nc(Cl)nc4c1ncn4[C@@H]1O[C@H](CCP(C)(C)=O)C(O)[C@@H]1O)(C3)C2. The van der Waals surface area contributed by atoms with Crippen molar-refractivity contribution < 1.29 is 19.5 Å². The quantitative estimate of drug-likeness (QED) is 0.369. The third kappa shape index (κ3) is 4.29. The standard InChI is InChI=1S/C25H37ClN5O4P/c1-23-7-14-8-24(2,10-23)12-25(9-14,11-23)30-19-16-20(29-22(26)28-19)31(13-27-16)21-18(33)17(32)15(35-21)5-6-36(3,4)34/h13-15,17-18,21,32-33H,5-12H2,1-4H3,(H,28,29,30)/t14-,15-,17?,18+,21-,23+,24-,25-/m1/s1. The Morgan fingerprint density at radius 1 is 1.14 bits per heavy atom. The van der Waals surface area contributed by atoms with Crippen molar-refractivity contribution in [1.82, 2.24) is 19.5 Å². The summed E-state index contributed by atoms with van der Waals surface area (Å²) < 4.78 is 19.8. The van der Waals surface area contributed by atoms with Crippen molar-refractivity contribution in [1.29, 1.82) is 0 Å². The number of aliphatic hydroxyl groups excluding tert-OH is 2. The summed E-state index contributed by atoms with van der Waals surface area (Å²) >= 11 is 6.41. The smallest absolute Gasteiger partial charge is 0.226 e. The van der Waals surface area contributed by atoms with E-state index in [-0.39, 0.29) is 10.8 Å². The first kappa shape index (κ1) is 25.1. The Bertz CT molecular complexity index is 1230. The summed E-state index contributed by atoms with van der Waals surface area (Å²) in [6.45, 7) is 8.28. The predicted octanol–water partition coefficient (Wildman–Crippen LogP) is 4.27. The number of rotatable bonds is 6. The van der Waals surface area contributed by atoms with Gasteiger partial charge in [0.2, 0.25) is 5.28 Å². The lowest BCUT2D eigenvalue weighted by Crippen LogP contribution is -2.61. The zero-order chi connectivity index (χ0) is 25.7. The minimum Gasteiger partial charge on any atom is -0.388 e. The first-order chi connectivity index (χ1) is 16.8. The van der Waals surface area contributed by atoms with Gasteiger partial charge in [0.25, 0.3) is 0 Å². The molecule has 2 aromatic heterocycles. The fourth-order valence-electron chi connectivity index (χ4n) is 8.64. The van der Waals surface area contributed by atoms with Crippen LogP contribution in [0.3, 0.4) is 0 Å². The van der Waals surface area contributed by atoms with Gasteiger partial charge >= 0.3 is 0 Å². The van der Waals surface area contributed by atoms with Crippen molar-refractivity contribution in [3.8, 4) is 0 Å². The number of hydrogen-bond acceptors (Lipinski definition) is 8. The van der Waals surface area contributed by atoms with Gasteiger partial charge in [0.15, 0.2) is 23.2 Å². The van der Waals surface area contributed by atoms with E-state index in [0.717, 1.165) is 25.2 Å². The third-order valence-electron chi connectivity index (χ3n) is 8.97. The van der Waals surface area contributed by atoms with Gasteiger partial charge in [-0.2, -0.15) is 9.97 Å². The van der Waals surface area contributed by atoms with Crippen molar-refractivity contribution >= 4 is 35.7 Å². The van der Waals surface area contributed by atoms with Crippen LogP contribution in [0.1, 0.15) is 65.0 Å². The Kier molecular flexibility index (Phi) is 5.65. The van der Waals surface area contributed by atoms with Crippen LogP contribution in [0.2, 0.25) is 5.28 Å². The van der Waals surface area contributed by atoms with Gasteiger partial charge in [-0.15, -0.1) is 0 Å². The monoisotopic (exact) mass is 537 g/mol. The molecule has 4 aliphatic carbocycles. The average molecular weight is 538 g/mol. The Balaban J connectivity index is 1.31. The van der Waals surface area contributed by atoms with E-state index in [9.17, 15) is 14.8 Å². The molecule has 198 valence electrons. The summed E-state index contributed by atoms with van der Waals surface area (Å²) in [4.78, 5) is 13.6. The van der Waals surface area contributed by atoms with E-state index in [4.69, 9.17) is 16.3 Å². The molecule has 0 aromatic carbocycles. The molecule has 9 nitrogen and oxygen atoms in total. The molecule has 1 saturated heterocycles. The zero-order valence-electron chi connectivity index (χ0n) is 21.4. The Morgan fingerprint density at radius 2 is 1.83 bits per heavy atom. The number of imidazole rings is 1. The van der Waals surface area contributed by atoms with E-state index < -0.39 is 31.7 Å². The van der Waals surface area contributed by atoms with E-state index >= 15 is 0 Å². The molecule has 8 atom stereocenters. The number of aromatic nitrogens is 4. The highest BCUT2D eigenvalue weighted by Gasteiger charge is 2.60. The van der Waals surface area contributed by atoms with Crippen LogP contribution in [0, 0.1) is 16.7 Å². The van der Waals surface area contributed by atoms with E-state index in [1.165, 1.54) is 19.3 Å². The number of nitrogens with one attached hydrogen (secondary N) is 1. The Hall–Kier alpha value is -1.25. The van der Waals surface area contributed by atoms with Crippen LogP contribution >= 0.6 is 18.7 Å². The Morgan fingerprint density at radius 3 is 2.47 bits per heavy atom. The zero-order valence-corrected chi connectivity index (χ0v) is 23.1.